The first-order valence-electron chi connectivity index (χ1n) is 5.12. The largest absolute Gasteiger partial charge is 0.328 e. The summed E-state index contributed by atoms with van der Waals surface area (Å²) in [5.41, 5.74) is 0. The van der Waals surface area contributed by atoms with Gasteiger partial charge >= 0.3 is 6.03 Å². The average molecular weight is 196 g/mol. The zero-order chi connectivity index (χ0) is 10.5. The molecule has 2 atom stereocenters. The fraction of sp³-hybridized carbons (Fsp3) is 0.800. The van der Waals surface area contributed by atoms with Crippen LogP contribution in [0.15, 0.2) is 0 Å². The van der Waals surface area contributed by atoms with Gasteiger partial charge in [-0.05, 0) is 25.2 Å². The molecule has 0 aliphatic heterocycles. The number of rotatable bonds is 2. The van der Waals surface area contributed by atoms with Gasteiger partial charge in [0.25, 0.3) is 0 Å². The van der Waals surface area contributed by atoms with E-state index in [1.165, 1.54) is 18.2 Å². The van der Waals surface area contributed by atoms with Crippen molar-refractivity contribution in [3.05, 3.63) is 0 Å². The Morgan fingerprint density at radius 2 is 1.93 bits per heavy atom. The molecule has 0 spiro atoms. The second-order valence-corrected chi connectivity index (χ2v) is 4.24. The summed E-state index contributed by atoms with van der Waals surface area (Å²) in [7, 11) is 1.73. The molecule has 78 valence electrons. The van der Waals surface area contributed by atoms with E-state index in [9.17, 15) is 9.59 Å². The Morgan fingerprint density at radius 3 is 2.21 bits per heavy atom. The summed E-state index contributed by atoms with van der Waals surface area (Å²) in [6, 6.07) is 0.0891. The first-order chi connectivity index (χ1) is 6.57. The molecular weight excluding hydrogens is 180 g/mol. The number of urea groups is 1. The molecule has 4 heteroatoms. The third kappa shape index (κ3) is 1.29. The molecule has 2 saturated carbocycles. The number of fused-ring (bicyclic) bond motifs is 1. The summed E-state index contributed by atoms with van der Waals surface area (Å²) in [5, 5.41) is 0. The van der Waals surface area contributed by atoms with Gasteiger partial charge in [0.15, 0.2) is 0 Å². The van der Waals surface area contributed by atoms with Crippen molar-refractivity contribution in [2.45, 2.75) is 26.3 Å². The van der Waals surface area contributed by atoms with Crippen LogP contribution in [0.3, 0.4) is 0 Å². The van der Waals surface area contributed by atoms with Crippen molar-refractivity contribution in [2.75, 3.05) is 13.6 Å². The lowest BCUT2D eigenvalue weighted by atomic mass is 10.3. The fourth-order valence-electron chi connectivity index (χ4n) is 1.92. The third-order valence-corrected chi connectivity index (χ3v) is 3.27. The van der Waals surface area contributed by atoms with E-state index in [2.05, 4.69) is 0 Å². The van der Waals surface area contributed by atoms with Crippen LogP contribution in [0.1, 0.15) is 20.3 Å². The molecule has 0 aromatic rings. The molecule has 2 fully saturated rings. The highest BCUT2D eigenvalue weighted by molar-refractivity contribution is 5.94. The molecule has 0 saturated heterocycles. The molecular formula is C10H16N2O2. The quantitative estimate of drug-likeness (QED) is 0.659. The molecule has 0 bridgehead atoms. The molecule has 0 heterocycles. The van der Waals surface area contributed by atoms with Gasteiger partial charge < -0.3 is 4.90 Å². The van der Waals surface area contributed by atoms with Gasteiger partial charge in [-0.1, -0.05) is 0 Å². The van der Waals surface area contributed by atoms with E-state index >= 15 is 0 Å². The maximum atomic E-state index is 11.8. The Labute approximate surface area is 83.9 Å². The van der Waals surface area contributed by atoms with Crippen molar-refractivity contribution in [2.24, 2.45) is 11.8 Å². The SMILES string of the molecule is CCN(C)C(=O)N(C(C)=O)C1C2CC21. The zero-order valence-corrected chi connectivity index (χ0v) is 8.86. The summed E-state index contributed by atoms with van der Waals surface area (Å²) in [5.74, 6) is 1.15. The van der Waals surface area contributed by atoms with Gasteiger partial charge in [-0.15, -0.1) is 0 Å². The second-order valence-electron chi connectivity index (χ2n) is 4.24. The number of hydrogen-bond acceptors (Lipinski definition) is 2. The molecule has 3 amide bonds. The van der Waals surface area contributed by atoms with Gasteiger partial charge in [0.2, 0.25) is 5.91 Å². The summed E-state index contributed by atoms with van der Waals surface area (Å²) in [6.07, 6.45) is 1.21. The molecule has 2 aliphatic carbocycles. The molecule has 0 aromatic heterocycles. The zero-order valence-electron chi connectivity index (χ0n) is 8.86. The molecule has 14 heavy (non-hydrogen) atoms. The fourth-order valence-corrected chi connectivity index (χ4v) is 1.92. The molecule has 0 aromatic carbocycles. The Hall–Kier alpha value is -1.06. The predicted octanol–water partition coefficient (Wildman–Crippen LogP) is 0.925. The Morgan fingerprint density at radius 1 is 1.36 bits per heavy atom. The summed E-state index contributed by atoms with van der Waals surface area (Å²) < 4.78 is 0. The van der Waals surface area contributed by atoms with Gasteiger partial charge in [0.05, 0.1) is 0 Å². The number of amides is 3. The smallest absolute Gasteiger partial charge is 0.326 e. The van der Waals surface area contributed by atoms with Crippen molar-refractivity contribution in [3.8, 4) is 0 Å². The lowest BCUT2D eigenvalue weighted by Gasteiger charge is -2.27. The lowest BCUT2D eigenvalue weighted by Crippen LogP contribution is -2.46. The molecule has 2 rings (SSSR count). The second kappa shape index (κ2) is 2.97. The van der Waals surface area contributed by atoms with Gasteiger partial charge in [-0.25, -0.2) is 4.79 Å². The van der Waals surface area contributed by atoms with Crippen molar-refractivity contribution in [3.63, 3.8) is 0 Å². The van der Waals surface area contributed by atoms with Gasteiger partial charge in [0, 0.05) is 26.6 Å². The van der Waals surface area contributed by atoms with Crippen LogP contribution in [0.2, 0.25) is 0 Å². The van der Waals surface area contributed by atoms with E-state index in [1.807, 2.05) is 6.92 Å². The van der Waals surface area contributed by atoms with Crippen LogP contribution in [0.5, 0.6) is 0 Å². The van der Waals surface area contributed by atoms with Crippen LogP contribution in [0.25, 0.3) is 0 Å². The van der Waals surface area contributed by atoms with Crippen LogP contribution < -0.4 is 0 Å². The molecule has 2 aliphatic rings. The predicted molar refractivity (Wildman–Crippen MR) is 51.6 cm³/mol. The van der Waals surface area contributed by atoms with Crippen LogP contribution >= 0.6 is 0 Å². The minimum Gasteiger partial charge on any atom is -0.328 e. The highest BCUT2D eigenvalue weighted by Crippen LogP contribution is 2.65. The molecule has 4 nitrogen and oxygen atoms in total. The van der Waals surface area contributed by atoms with Crippen LogP contribution in [0, 0.1) is 11.8 Å². The van der Waals surface area contributed by atoms with Crippen molar-refractivity contribution in [1.82, 2.24) is 9.80 Å². The van der Waals surface area contributed by atoms with Gasteiger partial charge in [-0.3, -0.25) is 9.69 Å². The monoisotopic (exact) mass is 196 g/mol. The van der Waals surface area contributed by atoms with Crippen LogP contribution in [-0.4, -0.2) is 41.4 Å². The normalized spacial score (nSPS) is 31.8. The third-order valence-electron chi connectivity index (χ3n) is 3.27. The average Bonchev–Trinajstić information content (AvgIpc) is 2.99. The first kappa shape index (κ1) is 9.49. The molecule has 0 radical (unpaired) electrons. The maximum absolute atomic E-state index is 11.8. The van der Waals surface area contributed by atoms with E-state index in [1.54, 1.807) is 11.9 Å². The van der Waals surface area contributed by atoms with E-state index in [0.29, 0.717) is 18.4 Å². The summed E-state index contributed by atoms with van der Waals surface area (Å²) in [4.78, 5) is 26.1. The van der Waals surface area contributed by atoms with Gasteiger partial charge in [0.1, 0.15) is 0 Å². The summed E-state index contributed by atoms with van der Waals surface area (Å²) >= 11 is 0. The number of nitrogens with zero attached hydrogens (tertiary/aromatic N) is 2. The van der Waals surface area contributed by atoms with Crippen molar-refractivity contribution < 1.29 is 9.59 Å². The Kier molecular flexibility index (Phi) is 2.01. The number of carbonyl (C=O) groups is 2. The standard InChI is InChI=1S/C10H16N2O2/c1-4-11(3)10(14)12(6(2)13)9-7-5-8(7)9/h7-9H,4-5H2,1-3H3. The highest BCUT2D eigenvalue weighted by Gasteiger charge is 2.68. The minimum absolute atomic E-state index is 0.118. The molecule has 2 unspecified atom stereocenters. The van der Waals surface area contributed by atoms with Gasteiger partial charge in [-0.2, -0.15) is 0 Å². The van der Waals surface area contributed by atoms with Crippen LogP contribution in [0.4, 0.5) is 4.79 Å². The van der Waals surface area contributed by atoms with E-state index in [0.717, 1.165) is 0 Å². The number of imide groups is 1. The van der Waals surface area contributed by atoms with Crippen LogP contribution in [-0.2, 0) is 4.79 Å². The van der Waals surface area contributed by atoms with E-state index in [-0.39, 0.29) is 18.0 Å². The van der Waals surface area contributed by atoms with E-state index < -0.39 is 0 Å². The first-order valence-corrected chi connectivity index (χ1v) is 5.12. The van der Waals surface area contributed by atoms with Crippen molar-refractivity contribution >= 4 is 11.9 Å². The Balaban J connectivity index is 2.03. The summed E-state index contributed by atoms with van der Waals surface area (Å²) in [6.45, 7) is 4.02. The maximum Gasteiger partial charge on any atom is 0.326 e. The Bertz CT molecular complexity index is 282. The molecule has 0 N–H and O–H groups in total. The lowest BCUT2D eigenvalue weighted by molar-refractivity contribution is -0.127. The number of hydrogen-bond donors (Lipinski definition) is 0. The topological polar surface area (TPSA) is 40.6 Å². The minimum atomic E-state index is -0.141. The van der Waals surface area contributed by atoms with Crippen molar-refractivity contribution in [1.29, 1.82) is 0 Å². The van der Waals surface area contributed by atoms with E-state index in [4.69, 9.17) is 0 Å². The number of carbonyl (C=O) groups excluding carboxylic acids is 2. The highest BCUT2D eigenvalue weighted by atomic mass is 16.2.